The van der Waals surface area contributed by atoms with Crippen molar-refractivity contribution in [3.63, 3.8) is 0 Å². The lowest BCUT2D eigenvalue weighted by Crippen LogP contribution is -2.49. The number of ether oxygens (including phenoxy) is 1. The molecule has 0 amide bonds. The average molecular weight is 255 g/mol. The SMILES string of the molecule is COC(=O)C1CCCN(C2CCCCCC2O)C1. The van der Waals surface area contributed by atoms with Crippen molar-refractivity contribution in [3.8, 4) is 0 Å². The Morgan fingerprint density at radius 1 is 1.17 bits per heavy atom. The Morgan fingerprint density at radius 2 is 1.94 bits per heavy atom. The predicted molar refractivity (Wildman–Crippen MR) is 69.2 cm³/mol. The standard InChI is InChI=1S/C14H25NO3/c1-18-14(17)11-6-5-9-15(10-11)12-7-3-2-4-8-13(12)16/h11-13,16H,2-10H2,1H3. The molecule has 2 rings (SSSR count). The van der Waals surface area contributed by atoms with Crippen LogP contribution in [0.5, 0.6) is 0 Å². The number of hydrogen-bond donors (Lipinski definition) is 1. The molecular formula is C14H25NO3. The van der Waals surface area contributed by atoms with Crippen LogP contribution >= 0.6 is 0 Å². The fraction of sp³-hybridized carbons (Fsp3) is 0.929. The average Bonchev–Trinajstić information content (AvgIpc) is 2.62. The first kappa shape index (κ1) is 13.8. The summed E-state index contributed by atoms with van der Waals surface area (Å²) in [6, 6.07) is 0.250. The van der Waals surface area contributed by atoms with Gasteiger partial charge in [0.25, 0.3) is 0 Å². The Kier molecular flexibility index (Phi) is 5.01. The van der Waals surface area contributed by atoms with Crippen molar-refractivity contribution in [2.45, 2.75) is 57.1 Å². The lowest BCUT2D eigenvalue weighted by Gasteiger charge is -2.39. The topological polar surface area (TPSA) is 49.8 Å². The van der Waals surface area contributed by atoms with E-state index >= 15 is 0 Å². The first-order valence-electron chi connectivity index (χ1n) is 7.22. The second-order valence-corrected chi connectivity index (χ2v) is 5.63. The molecule has 0 aromatic carbocycles. The zero-order valence-corrected chi connectivity index (χ0v) is 11.3. The molecule has 3 unspecified atom stereocenters. The van der Waals surface area contributed by atoms with Crippen LogP contribution in [0.3, 0.4) is 0 Å². The molecule has 1 heterocycles. The van der Waals surface area contributed by atoms with Crippen LogP contribution in [0.1, 0.15) is 44.9 Å². The Labute approximate surface area is 109 Å². The summed E-state index contributed by atoms with van der Waals surface area (Å²) in [5.41, 5.74) is 0. The van der Waals surface area contributed by atoms with Crippen LogP contribution in [0.25, 0.3) is 0 Å². The molecule has 0 bridgehead atoms. The first-order chi connectivity index (χ1) is 8.72. The fourth-order valence-corrected chi connectivity index (χ4v) is 3.36. The summed E-state index contributed by atoms with van der Waals surface area (Å²) in [5.74, 6) is -0.0954. The van der Waals surface area contributed by atoms with Gasteiger partial charge in [0.2, 0.25) is 0 Å². The molecule has 1 saturated carbocycles. The number of esters is 1. The number of likely N-dealkylation sites (tertiary alicyclic amines) is 1. The Morgan fingerprint density at radius 3 is 2.72 bits per heavy atom. The van der Waals surface area contributed by atoms with E-state index in [1.807, 2.05) is 0 Å². The van der Waals surface area contributed by atoms with Crippen LogP contribution in [0, 0.1) is 5.92 Å². The summed E-state index contributed by atoms with van der Waals surface area (Å²) in [5, 5.41) is 10.2. The van der Waals surface area contributed by atoms with Gasteiger partial charge in [-0.05, 0) is 32.2 Å². The number of aliphatic hydroxyl groups excluding tert-OH is 1. The summed E-state index contributed by atoms with van der Waals surface area (Å²) >= 11 is 0. The molecule has 0 aromatic heterocycles. The third-order valence-corrected chi connectivity index (χ3v) is 4.40. The number of carbonyl (C=O) groups excluding carboxylic acids is 1. The zero-order chi connectivity index (χ0) is 13.0. The maximum atomic E-state index is 11.6. The number of nitrogens with zero attached hydrogens (tertiary/aromatic N) is 1. The van der Waals surface area contributed by atoms with Crippen LogP contribution < -0.4 is 0 Å². The fourth-order valence-electron chi connectivity index (χ4n) is 3.36. The molecule has 4 heteroatoms. The molecule has 3 atom stereocenters. The maximum Gasteiger partial charge on any atom is 0.309 e. The molecule has 0 spiro atoms. The van der Waals surface area contributed by atoms with Crippen LogP contribution in [-0.2, 0) is 9.53 Å². The predicted octanol–water partition coefficient (Wildman–Crippen LogP) is 1.56. The van der Waals surface area contributed by atoms with E-state index in [-0.39, 0.29) is 24.0 Å². The normalized spacial score (nSPS) is 34.9. The molecule has 1 N–H and O–H groups in total. The monoisotopic (exact) mass is 255 g/mol. The van der Waals surface area contributed by atoms with Gasteiger partial charge in [-0.1, -0.05) is 19.3 Å². The molecule has 1 aliphatic carbocycles. The minimum atomic E-state index is -0.219. The number of aliphatic hydroxyl groups is 1. The van der Waals surface area contributed by atoms with E-state index in [1.54, 1.807) is 0 Å². The summed E-state index contributed by atoms with van der Waals surface area (Å²) in [4.78, 5) is 14.0. The highest BCUT2D eigenvalue weighted by Gasteiger charge is 2.33. The minimum absolute atomic E-state index is 0.000738. The van der Waals surface area contributed by atoms with Crippen LogP contribution in [0.2, 0.25) is 0 Å². The van der Waals surface area contributed by atoms with Gasteiger partial charge in [-0.2, -0.15) is 0 Å². The van der Waals surface area contributed by atoms with Crippen LogP contribution in [-0.4, -0.2) is 48.3 Å². The highest BCUT2D eigenvalue weighted by Crippen LogP contribution is 2.27. The van der Waals surface area contributed by atoms with Crippen molar-refractivity contribution >= 4 is 5.97 Å². The largest absolute Gasteiger partial charge is 0.469 e. The van der Waals surface area contributed by atoms with Gasteiger partial charge in [0.1, 0.15) is 0 Å². The van der Waals surface area contributed by atoms with E-state index in [1.165, 1.54) is 20.0 Å². The summed E-state index contributed by atoms with van der Waals surface area (Å²) in [7, 11) is 1.46. The van der Waals surface area contributed by atoms with E-state index in [0.29, 0.717) is 0 Å². The van der Waals surface area contributed by atoms with Gasteiger partial charge in [0.05, 0.1) is 19.1 Å². The molecule has 2 fully saturated rings. The Balaban J connectivity index is 1.96. The summed E-state index contributed by atoms with van der Waals surface area (Å²) < 4.78 is 4.85. The van der Waals surface area contributed by atoms with Crippen molar-refractivity contribution in [3.05, 3.63) is 0 Å². The first-order valence-corrected chi connectivity index (χ1v) is 7.22. The third-order valence-electron chi connectivity index (χ3n) is 4.40. The van der Waals surface area contributed by atoms with Gasteiger partial charge in [-0.3, -0.25) is 9.69 Å². The molecule has 18 heavy (non-hydrogen) atoms. The van der Waals surface area contributed by atoms with Crippen molar-refractivity contribution in [2.24, 2.45) is 5.92 Å². The van der Waals surface area contributed by atoms with Crippen molar-refractivity contribution in [2.75, 3.05) is 20.2 Å². The summed E-state index contributed by atoms with van der Waals surface area (Å²) in [6.07, 6.45) is 7.26. The van der Waals surface area contributed by atoms with E-state index in [2.05, 4.69) is 4.90 Å². The number of carbonyl (C=O) groups is 1. The molecule has 2 aliphatic rings. The summed E-state index contributed by atoms with van der Waals surface area (Å²) in [6.45, 7) is 1.77. The Bertz CT molecular complexity index is 282. The van der Waals surface area contributed by atoms with Crippen LogP contribution in [0.15, 0.2) is 0 Å². The number of piperidine rings is 1. The van der Waals surface area contributed by atoms with E-state index in [4.69, 9.17) is 4.74 Å². The Hall–Kier alpha value is -0.610. The van der Waals surface area contributed by atoms with Crippen molar-refractivity contribution in [1.82, 2.24) is 4.90 Å². The van der Waals surface area contributed by atoms with Gasteiger partial charge in [-0.25, -0.2) is 0 Å². The lowest BCUT2D eigenvalue weighted by molar-refractivity contribution is -0.148. The smallest absolute Gasteiger partial charge is 0.309 e. The molecule has 1 saturated heterocycles. The van der Waals surface area contributed by atoms with E-state index in [9.17, 15) is 9.90 Å². The lowest BCUT2D eigenvalue weighted by atomic mass is 9.94. The molecule has 104 valence electrons. The highest BCUT2D eigenvalue weighted by molar-refractivity contribution is 5.72. The zero-order valence-electron chi connectivity index (χ0n) is 11.3. The quantitative estimate of drug-likeness (QED) is 0.601. The van der Waals surface area contributed by atoms with Gasteiger partial charge < -0.3 is 9.84 Å². The van der Waals surface area contributed by atoms with E-state index < -0.39 is 0 Å². The van der Waals surface area contributed by atoms with Gasteiger partial charge >= 0.3 is 5.97 Å². The maximum absolute atomic E-state index is 11.6. The molecule has 4 nitrogen and oxygen atoms in total. The molecule has 0 aromatic rings. The molecule has 1 aliphatic heterocycles. The second-order valence-electron chi connectivity index (χ2n) is 5.63. The number of hydrogen-bond acceptors (Lipinski definition) is 4. The van der Waals surface area contributed by atoms with Gasteiger partial charge in [0, 0.05) is 12.6 Å². The van der Waals surface area contributed by atoms with Crippen molar-refractivity contribution in [1.29, 1.82) is 0 Å². The number of methoxy groups -OCH3 is 1. The van der Waals surface area contributed by atoms with Crippen LogP contribution in [0.4, 0.5) is 0 Å². The highest BCUT2D eigenvalue weighted by atomic mass is 16.5. The van der Waals surface area contributed by atoms with E-state index in [0.717, 1.165) is 45.2 Å². The molecule has 0 radical (unpaired) electrons. The molecular weight excluding hydrogens is 230 g/mol. The number of rotatable bonds is 2. The third kappa shape index (κ3) is 3.23. The van der Waals surface area contributed by atoms with Gasteiger partial charge in [0.15, 0.2) is 0 Å². The minimum Gasteiger partial charge on any atom is -0.469 e. The van der Waals surface area contributed by atoms with Gasteiger partial charge in [-0.15, -0.1) is 0 Å². The second kappa shape index (κ2) is 6.53. The van der Waals surface area contributed by atoms with Crippen molar-refractivity contribution < 1.29 is 14.6 Å².